The van der Waals surface area contributed by atoms with Crippen LogP contribution in [-0.4, -0.2) is 32.8 Å². The van der Waals surface area contributed by atoms with Crippen molar-refractivity contribution in [1.82, 2.24) is 0 Å². The number of nitrogens with zero attached hydrogens (tertiary/aromatic N) is 1. The smallest absolute Gasteiger partial charge is 0.497 e. The van der Waals surface area contributed by atoms with Gasteiger partial charge in [-0.3, -0.25) is 0 Å². The minimum Gasteiger partial charge on any atom is -0.497 e. The molecule has 1 aromatic carbocycles. The third-order valence-corrected chi connectivity index (χ3v) is 2.94. The maximum absolute atomic E-state index is 8.44. The molecule has 1 heterocycles. The van der Waals surface area contributed by atoms with Crippen molar-refractivity contribution in [2.45, 2.75) is 19.3 Å². The molecule has 0 atom stereocenters. The zero-order valence-electron chi connectivity index (χ0n) is 12.0. The van der Waals surface area contributed by atoms with Crippen LogP contribution in [0.25, 0.3) is 0 Å². The van der Waals surface area contributed by atoms with Crippen molar-refractivity contribution in [2.24, 2.45) is 0 Å². The Hall–Kier alpha value is -0.560. The SMILES string of the molecule is O=S(=O)=O.[CH2-]CCN1CCCc2ccc(OC)cc21.[Na+]. The monoisotopic (exact) mass is 307 g/mol. The molecule has 0 bridgehead atoms. The van der Waals surface area contributed by atoms with E-state index in [-0.39, 0.29) is 29.6 Å². The minimum atomic E-state index is -3.11. The summed E-state index contributed by atoms with van der Waals surface area (Å²) in [4.78, 5) is 2.41. The first kappa shape index (κ1) is 19.4. The van der Waals surface area contributed by atoms with E-state index < -0.39 is 10.6 Å². The molecule has 7 heteroatoms. The minimum absolute atomic E-state index is 0. The molecule has 0 fully saturated rings. The molecule has 1 aliphatic rings. The van der Waals surface area contributed by atoms with Crippen LogP contribution in [0.4, 0.5) is 5.69 Å². The van der Waals surface area contributed by atoms with Crippen LogP contribution in [0.15, 0.2) is 18.2 Å². The molecule has 106 valence electrons. The second-order valence-corrected chi connectivity index (χ2v) is 4.55. The summed E-state index contributed by atoms with van der Waals surface area (Å²) in [6, 6.07) is 6.38. The third-order valence-electron chi connectivity index (χ3n) is 2.94. The van der Waals surface area contributed by atoms with Gasteiger partial charge in [0.05, 0.1) is 7.11 Å². The molecule has 0 aromatic heterocycles. The summed E-state index contributed by atoms with van der Waals surface area (Å²) < 4.78 is 30.6. The van der Waals surface area contributed by atoms with Crippen molar-refractivity contribution >= 4 is 16.3 Å². The maximum atomic E-state index is 8.44. The Morgan fingerprint density at radius 3 is 2.55 bits per heavy atom. The molecule has 0 saturated carbocycles. The van der Waals surface area contributed by atoms with Crippen LogP contribution in [0.2, 0.25) is 0 Å². The van der Waals surface area contributed by atoms with Crippen molar-refractivity contribution in [3.05, 3.63) is 30.7 Å². The van der Waals surface area contributed by atoms with Crippen molar-refractivity contribution < 1.29 is 46.9 Å². The standard InChI is InChI=1S/C13H18NO.Na.O3S/c1-3-8-14-9-4-5-11-6-7-12(15-2)10-13(11)14;;1-4(2)3/h6-7,10H,1,3-5,8-9H2,2H3;;/q-1;+1;. The molecule has 1 aliphatic heterocycles. The number of methoxy groups -OCH3 is 1. The summed E-state index contributed by atoms with van der Waals surface area (Å²) in [6.45, 7) is 6.11. The van der Waals surface area contributed by atoms with Gasteiger partial charge in [-0.25, -0.2) is 0 Å². The van der Waals surface area contributed by atoms with Gasteiger partial charge in [-0.1, -0.05) is 6.07 Å². The number of rotatable bonds is 3. The number of anilines is 1. The molecule has 0 spiro atoms. The number of fused-ring (bicyclic) bond motifs is 1. The number of hydrogen-bond acceptors (Lipinski definition) is 5. The molecule has 1 aromatic rings. The van der Waals surface area contributed by atoms with Crippen molar-refractivity contribution in [1.29, 1.82) is 0 Å². The quantitative estimate of drug-likeness (QED) is 0.511. The van der Waals surface area contributed by atoms with E-state index >= 15 is 0 Å². The van der Waals surface area contributed by atoms with E-state index in [1.807, 2.05) is 6.07 Å². The third kappa shape index (κ3) is 6.26. The normalized spacial score (nSPS) is 12.4. The molecule has 0 radical (unpaired) electrons. The van der Waals surface area contributed by atoms with Gasteiger partial charge in [-0.2, -0.15) is 6.42 Å². The fourth-order valence-electron chi connectivity index (χ4n) is 2.18. The van der Waals surface area contributed by atoms with Crippen LogP contribution < -0.4 is 39.2 Å². The van der Waals surface area contributed by atoms with Crippen LogP contribution >= 0.6 is 0 Å². The second-order valence-electron chi connectivity index (χ2n) is 4.14. The summed E-state index contributed by atoms with van der Waals surface area (Å²) in [5.74, 6) is 0.949. The first-order chi connectivity index (χ1) is 9.08. The first-order valence-electron chi connectivity index (χ1n) is 6.06. The van der Waals surface area contributed by atoms with Gasteiger partial charge in [0.15, 0.2) is 0 Å². The summed E-state index contributed by atoms with van der Waals surface area (Å²) in [5.41, 5.74) is 2.78. The number of benzene rings is 1. The van der Waals surface area contributed by atoms with Crippen LogP contribution in [0, 0.1) is 6.92 Å². The Kier molecular flexibility index (Phi) is 9.92. The van der Waals surface area contributed by atoms with Gasteiger partial charge in [0.25, 0.3) is 0 Å². The topological polar surface area (TPSA) is 63.7 Å². The zero-order chi connectivity index (χ0) is 14.3. The Balaban J connectivity index is 0.000000644. The maximum Gasteiger partial charge on any atom is 1.00 e. The summed E-state index contributed by atoms with van der Waals surface area (Å²) >= 11 is 0. The van der Waals surface area contributed by atoms with Gasteiger partial charge in [-0.05, 0) is 31.0 Å². The van der Waals surface area contributed by atoms with E-state index in [2.05, 4.69) is 24.0 Å². The number of aryl methyl sites for hydroxylation is 1. The first-order valence-corrected chi connectivity index (χ1v) is 7.06. The number of ether oxygens (including phenoxy) is 1. The van der Waals surface area contributed by atoms with Gasteiger partial charge < -0.3 is 16.6 Å². The molecular formula is C13H18NNaO4S. The fourth-order valence-corrected chi connectivity index (χ4v) is 2.18. The molecule has 2 rings (SSSR count). The van der Waals surface area contributed by atoms with Crippen molar-refractivity contribution in [3.8, 4) is 5.75 Å². The summed E-state index contributed by atoms with van der Waals surface area (Å²) in [6.07, 6.45) is 3.39. The molecule has 0 unspecified atom stereocenters. The molecule has 5 nitrogen and oxygen atoms in total. The van der Waals surface area contributed by atoms with Gasteiger partial charge >= 0.3 is 40.2 Å². The molecule has 0 saturated heterocycles. The van der Waals surface area contributed by atoms with Crippen LogP contribution in [-0.2, 0) is 17.0 Å². The predicted octanol–water partition coefficient (Wildman–Crippen LogP) is -1.33. The van der Waals surface area contributed by atoms with Gasteiger partial charge in [0.2, 0.25) is 0 Å². The van der Waals surface area contributed by atoms with Crippen LogP contribution in [0.1, 0.15) is 18.4 Å². The average Bonchev–Trinajstić information content (AvgIpc) is 2.38. The van der Waals surface area contributed by atoms with E-state index in [4.69, 9.17) is 17.4 Å². The molecule has 0 amide bonds. The summed E-state index contributed by atoms with van der Waals surface area (Å²) in [7, 11) is -1.39. The van der Waals surface area contributed by atoms with E-state index in [1.165, 1.54) is 24.1 Å². The van der Waals surface area contributed by atoms with E-state index in [0.717, 1.165) is 25.3 Å². The molecule has 0 aliphatic carbocycles. The number of hydrogen-bond donors (Lipinski definition) is 0. The molecular weight excluding hydrogens is 289 g/mol. The Bertz CT molecular complexity index is 511. The molecule has 20 heavy (non-hydrogen) atoms. The second kappa shape index (κ2) is 10.2. The van der Waals surface area contributed by atoms with E-state index in [9.17, 15) is 0 Å². The van der Waals surface area contributed by atoms with E-state index in [1.54, 1.807) is 7.11 Å². The van der Waals surface area contributed by atoms with Crippen LogP contribution in [0.3, 0.4) is 0 Å². The van der Waals surface area contributed by atoms with Gasteiger partial charge in [0.1, 0.15) is 5.75 Å². The molecule has 0 N–H and O–H groups in total. The average molecular weight is 307 g/mol. The van der Waals surface area contributed by atoms with Crippen LogP contribution in [0.5, 0.6) is 5.75 Å². The Morgan fingerprint density at radius 2 is 2.00 bits per heavy atom. The van der Waals surface area contributed by atoms with Crippen molar-refractivity contribution in [3.63, 3.8) is 0 Å². The largest absolute Gasteiger partial charge is 1.00 e. The summed E-state index contributed by atoms with van der Waals surface area (Å²) in [5, 5.41) is 0. The predicted molar refractivity (Wildman–Crippen MR) is 73.2 cm³/mol. The van der Waals surface area contributed by atoms with E-state index in [0.29, 0.717) is 0 Å². The zero-order valence-corrected chi connectivity index (χ0v) is 14.8. The Morgan fingerprint density at radius 1 is 1.35 bits per heavy atom. The fraction of sp³-hybridized carbons (Fsp3) is 0.462. The van der Waals surface area contributed by atoms with Gasteiger partial charge in [-0.15, -0.1) is 12.6 Å². The van der Waals surface area contributed by atoms with Crippen molar-refractivity contribution in [2.75, 3.05) is 25.1 Å². The Labute approximate surface area is 143 Å². The van der Waals surface area contributed by atoms with Gasteiger partial charge in [0, 0.05) is 18.3 Å².